The molecule has 0 radical (unpaired) electrons. The normalized spacial score (nSPS) is 19.5. The third-order valence-electron chi connectivity index (χ3n) is 5.16. The number of carbonyl (C=O) groups excluding carboxylic acids is 1. The predicted octanol–water partition coefficient (Wildman–Crippen LogP) is 3.56. The Kier molecular flexibility index (Phi) is 4.55. The molecule has 0 atom stereocenters. The molecule has 1 saturated heterocycles. The van der Waals surface area contributed by atoms with Crippen molar-refractivity contribution in [3.63, 3.8) is 0 Å². The highest BCUT2D eigenvalue weighted by atomic mass is 35.5. The van der Waals surface area contributed by atoms with E-state index in [4.69, 9.17) is 16.6 Å². The van der Waals surface area contributed by atoms with Crippen molar-refractivity contribution < 1.29 is 4.79 Å². The van der Waals surface area contributed by atoms with E-state index in [-0.39, 0.29) is 5.91 Å². The van der Waals surface area contributed by atoms with Gasteiger partial charge in [-0.3, -0.25) is 14.7 Å². The average molecular weight is 368 g/mol. The first-order valence-electron chi connectivity index (χ1n) is 8.99. The first-order valence-corrected chi connectivity index (χ1v) is 9.37. The fraction of sp³-hybridized carbons (Fsp3) is 0.333. The Balaban J connectivity index is 1.46. The molecule has 4 rings (SSSR count). The molecule has 1 amide bonds. The molecule has 0 unspecified atom stereocenters. The lowest BCUT2D eigenvalue weighted by Crippen LogP contribution is -2.50. The topological polar surface area (TPSA) is 44.7 Å². The Bertz CT molecular complexity index is 869. The van der Waals surface area contributed by atoms with Gasteiger partial charge in [0, 0.05) is 43.1 Å². The third-order valence-corrected chi connectivity index (χ3v) is 5.39. The lowest BCUT2D eigenvalue weighted by Gasteiger charge is -2.37. The van der Waals surface area contributed by atoms with Gasteiger partial charge in [-0.1, -0.05) is 53.6 Å². The highest BCUT2D eigenvalue weighted by Crippen LogP contribution is 2.30. The molecule has 26 heavy (non-hydrogen) atoms. The standard InChI is InChI=1S/C21H22ClN3O/c1-15-4-2-5-16(12-15)14-25-10-8-21(9-11-25)23-19(20(26)24-21)17-6-3-7-18(22)13-17/h2-7,12-13H,8-11,14H2,1H3,(H,24,26). The minimum atomic E-state index is -0.460. The van der Waals surface area contributed by atoms with Crippen LogP contribution < -0.4 is 5.32 Å². The minimum Gasteiger partial charge on any atom is -0.326 e. The van der Waals surface area contributed by atoms with E-state index >= 15 is 0 Å². The summed E-state index contributed by atoms with van der Waals surface area (Å²) < 4.78 is 0. The maximum atomic E-state index is 12.5. The van der Waals surface area contributed by atoms with E-state index in [1.807, 2.05) is 12.1 Å². The number of carbonyl (C=O) groups is 1. The van der Waals surface area contributed by atoms with Crippen molar-refractivity contribution in [2.75, 3.05) is 13.1 Å². The summed E-state index contributed by atoms with van der Waals surface area (Å²) in [7, 11) is 0. The number of nitrogens with one attached hydrogen (secondary N) is 1. The van der Waals surface area contributed by atoms with Gasteiger partial charge in [0.2, 0.25) is 0 Å². The molecule has 0 aromatic heterocycles. The molecule has 1 spiro atoms. The van der Waals surface area contributed by atoms with Crippen molar-refractivity contribution in [3.8, 4) is 0 Å². The Morgan fingerprint density at radius 1 is 1.15 bits per heavy atom. The molecule has 5 heteroatoms. The highest BCUT2D eigenvalue weighted by molar-refractivity contribution is 6.47. The Morgan fingerprint density at radius 2 is 1.92 bits per heavy atom. The number of amides is 1. The molecule has 134 valence electrons. The Morgan fingerprint density at radius 3 is 2.65 bits per heavy atom. The maximum Gasteiger partial charge on any atom is 0.272 e. The van der Waals surface area contributed by atoms with E-state index in [0.717, 1.165) is 38.0 Å². The first-order chi connectivity index (χ1) is 12.5. The first kappa shape index (κ1) is 17.3. The van der Waals surface area contributed by atoms with Crippen molar-refractivity contribution in [2.45, 2.75) is 32.0 Å². The summed E-state index contributed by atoms with van der Waals surface area (Å²) in [5, 5.41) is 3.74. The number of piperidine rings is 1. The molecular weight excluding hydrogens is 346 g/mol. The zero-order valence-electron chi connectivity index (χ0n) is 14.8. The summed E-state index contributed by atoms with van der Waals surface area (Å²) in [6, 6.07) is 16.0. The molecule has 4 nitrogen and oxygen atoms in total. The molecule has 1 fully saturated rings. The van der Waals surface area contributed by atoms with Crippen molar-refractivity contribution >= 4 is 23.2 Å². The molecule has 0 saturated carbocycles. The number of aliphatic imine (C=N–C) groups is 1. The summed E-state index contributed by atoms with van der Waals surface area (Å²) in [6.07, 6.45) is 1.66. The van der Waals surface area contributed by atoms with Crippen LogP contribution in [-0.2, 0) is 11.3 Å². The summed E-state index contributed by atoms with van der Waals surface area (Å²) >= 11 is 6.06. The predicted molar refractivity (Wildman–Crippen MR) is 105 cm³/mol. The second-order valence-electron chi connectivity index (χ2n) is 7.22. The van der Waals surface area contributed by atoms with Crippen LogP contribution in [-0.4, -0.2) is 35.3 Å². The van der Waals surface area contributed by atoms with Crippen molar-refractivity contribution in [2.24, 2.45) is 4.99 Å². The summed E-state index contributed by atoms with van der Waals surface area (Å²) in [6.45, 7) is 4.90. The average Bonchev–Trinajstić information content (AvgIpc) is 2.94. The second-order valence-corrected chi connectivity index (χ2v) is 7.66. The van der Waals surface area contributed by atoms with Gasteiger partial charge in [0.1, 0.15) is 11.4 Å². The van der Waals surface area contributed by atoms with Gasteiger partial charge >= 0.3 is 0 Å². The molecule has 2 heterocycles. The minimum absolute atomic E-state index is 0.0978. The number of likely N-dealkylation sites (tertiary alicyclic amines) is 1. The van der Waals surface area contributed by atoms with Gasteiger partial charge in [0.05, 0.1) is 0 Å². The molecule has 0 bridgehead atoms. The van der Waals surface area contributed by atoms with Crippen molar-refractivity contribution in [1.29, 1.82) is 0 Å². The molecule has 2 aliphatic heterocycles. The van der Waals surface area contributed by atoms with E-state index < -0.39 is 5.66 Å². The molecule has 0 aliphatic carbocycles. The Hall–Kier alpha value is -2.17. The smallest absolute Gasteiger partial charge is 0.272 e. The van der Waals surface area contributed by atoms with E-state index in [1.165, 1.54) is 11.1 Å². The number of aryl methyl sites for hydroxylation is 1. The summed E-state index contributed by atoms with van der Waals surface area (Å²) in [5.74, 6) is -0.0978. The van der Waals surface area contributed by atoms with Crippen molar-refractivity contribution in [3.05, 3.63) is 70.2 Å². The number of benzene rings is 2. The largest absolute Gasteiger partial charge is 0.326 e. The van der Waals surface area contributed by atoms with Gasteiger partial charge < -0.3 is 5.32 Å². The lowest BCUT2D eigenvalue weighted by atomic mass is 9.97. The zero-order chi connectivity index (χ0) is 18.1. The fourth-order valence-electron chi connectivity index (χ4n) is 3.78. The van der Waals surface area contributed by atoms with Crippen LogP contribution in [0.4, 0.5) is 0 Å². The van der Waals surface area contributed by atoms with Crippen LogP contribution in [0.1, 0.15) is 29.5 Å². The lowest BCUT2D eigenvalue weighted by molar-refractivity contribution is -0.115. The van der Waals surface area contributed by atoms with Crippen molar-refractivity contribution in [1.82, 2.24) is 10.2 Å². The van der Waals surface area contributed by atoms with Crippen LogP contribution in [0.2, 0.25) is 5.02 Å². The maximum absolute atomic E-state index is 12.5. The SMILES string of the molecule is Cc1cccc(CN2CCC3(CC2)N=C(c2cccc(Cl)c2)C(=O)N3)c1. The van der Waals surface area contributed by atoms with Gasteiger partial charge in [-0.2, -0.15) is 0 Å². The van der Waals surface area contributed by atoms with Crippen LogP contribution in [0.3, 0.4) is 0 Å². The van der Waals surface area contributed by atoms with Gasteiger partial charge in [-0.05, 0) is 24.6 Å². The van der Waals surface area contributed by atoms with Gasteiger partial charge in [0.15, 0.2) is 0 Å². The van der Waals surface area contributed by atoms with E-state index in [0.29, 0.717) is 10.7 Å². The van der Waals surface area contributed by atoms with Gasteiger partial charge in [-0.25, -0.2) is 0 Å². The van der Waals surface area contributed by atoms with Crippen LogP contribution in [0, 0.1) is 6.92 Å². The fourth-order valence-corrected chi connectivity index (χ4v) is 3.97. The molecular formula is C21H22ClN3O. The van der Waals surface area contributed by atoms with Crippen LogP contribution in [0.25, 0.3) is 0 Å². The third kappa shape index (κ3) is 3.53. The summed E-state index contributed by atoms with van der Waals surface area (Å²) in [4.78, 5) is 19.7. The second kappa shape index (κ2) is 6.86. The molecule has 2 aromatic rings. The monoisotopic (exact) mass is 367 g/mol. The molecule has 2 aliphatic rings. The number of nitrogens with zero attached hydrogens (tertiary/aromatic N) is 2. The summed E-state index contributed by atoms with van der Waals surface area (Å²) in [5.41, 5.74) is 3.45. The van der Waals surface area contributed by atoms with Gasteiger partial charge in [0.25, 0.3) is 5.91 Å². The van der Waals surface area contributed by atoms with Crippen LogP contribution in [0.15, 0.2) is 53.5 Å². The number of halogens is 1. The van der Waals surface area contributed by atoms with E-state index in [2.05, 4.69) is 41.4 Å². The number of hydrogen-bond donors (Lipinski definition) is 1. The quantitative estimate of drug-likeness (QED) is 0.901. The van der Waals surface area contributed by atoms with Crippen LogP contribution in [0.5, 0.6) is 0 Å². The number of hydrogen-bond acceptors (Lipinski definition) is 3. The molecule has 2 aromatic carbocycles. The zero-order valence-corrected chi connectivity index (χ0v) is 15.6. The van der Waals surface area contributed by atoms with E-state index in [1.54, 1.807) is 12.1 Å². The highest BCUT2D eigenvalue weighted by Gasteiger charge is 2.42. The molecule has 1 N–H and O–H groups in total. The number of rotatable bonds is 3. The van der Waals surface area contributed by atoms with Gasteiger partial charge in [-0.15, -0.1) is 0 Å². The van der Waals surface area contributed by atoms with Crippen LogP contribution >= 0.6 is 11.6 Å². The Labute approximate surface area is 158 Å². The van der Waals surface area contributed by atoms with E-state index in [9.17, 15) is 4.79 Å².